The van der Waals surface area contributed by atoms with Crippen molar-refractivity contribution < 1.29 is 9.53 Å². The fourth-order valence-electron chi connectivity index (χ4n) is 1.40. The number of nitrogens with two attached hydrogens (primary N) is 1. The predicted molar refractivity (Wildman–Crippen MR) is 66.9 cm³/mol. The average Bonchev–Trinajstić information content (AvgIpc) is 2.29. The van der Waals surface area contributed by atoms with Crippen LogP contribution in [0, 0.1) is 0 Å². The van der Waals surface area contributed by atoms with Crippen LogP contribution in [-0.4, -0.2) is 26.1 Å². The van der Waals surface area contributed by atoms with E-state index in [1.165, 1.54) is 0 Å². The lowest BCUT2D eigenvalue weighted by Gasteiger charge is -2.12. The van der Waals surface area contributed by atoms with E-state index in [9.17, 15) is 4.79 Å². The summed E-state index contributed by atoms with van der Waals surface area (Å²) < 4.78 is 5.04. The lowest BCUT2D eigenvalue weighted by atomic mass is 10.1. The lowest BCUT2D eigenvalue weighted by Crippen LogP contribution is -2.46. The molecule has 0 aliphatic rings. The molecule has 1 aromatic carbocycles. The first-order chi connectivity index (χ1) is 8.08. The molecular weight excluding hydrogens is 242 g/mol. The van der Waals surface area contributed by atoms with Crippen LogP contribution in [0.5, 0.6) is 5.75 Å². The van der Waals surface area contributed by atoms with E-state index in [-0.39, 0.29) is 5.91 Å². The molecular formula is C11H16ClN3O2. The van der Waals surface area contributed by atoms with Crippen LogP contribution >= 0.6 is 11.6 Å². The molecule has 0 fully saturated rings. The van der Waals surface area contributed by atoms with Gasteiger partial charge >= 0.3 is 0 Å². The molecule has 17 heavy (non-hydrogen) atoms. The fourth-order valence-corrected chi connectivity index (χ4v) is 1.68. The van der Waals surface area contributed by atoms with Crippen LogP contribution in [0.15, 0.2) is 18.2 Å². The maximum absolute atomic E-state index is 11.4. The summed E-state index contributed by atoms with van der Waals surface area (Å²) in [6.45, 7) is 0. The SMILES string of the molecule is CNNC(=O)C(N)Cc1ccc(OC)c(Cl)c1. The summed E-state index contributed by atoms with van der Waals surface area (Å²) in [6.07, 6.45) is 0.414. The minimum absolute atomic E-state index is 0.264. The number of ether oxygens (including phenoxy) is 1. The van der Waals surface area contributed by atoms with Crippen molar-refractivity contribution in [3.05, 3.63) is 28.8 Å². The largest absolute Gasteiger partial charge is 0.495 e. The highest BCUT2D eigenvalue weighted by Crippen LogP contribution is 2.25. The summed E-state index contributed by atoms with van der Waals surface area (Å²) in [5.74, 6) is 0.336. The van der Waals surface area contributed by atoms with E-state index in [4.69, 9.17) is 22.1 Å². The standard InChI is InChI=1S/C11H16ClN3O2/c1-14-15-11(16)9(13)6-7-3-4-10(17-2)8(12)5-7/h3-5,9,14H,6,13H2,1-2H3,(H,15,16). The quantitative estimate of drug-likeness (QED) is 0.671. The highest BCUT2D eigenvalue weighted by Gasteiger charge is 2.13. The molecule has 1 rings (SSSR count). The molecule has 0 saturated heterocycles. The molecule has 0 aromatic heterocycles. The number of benzene rings is 1. The maximum Gasteiger partial charge on any atom is 0.251 e. The summed E-state index contributed by atoms with van der Waals surface area (Å²) in [5.41, 5.74) is 11.6. The monoisotopic (exact) mass is 257 g/mol. The molecule has 0 saturated carbocycles. The first-order valence-corrected chi connectivity index (χ1v) is 5.51. The van der Waals surface area contributed by atoms with Gasteiger partial charge in [-0.1, -0.05) is 17.7 Å². The van der Waals surface area contributed by atoms with Crippen LogP contribution in [0.4, 0.5) is 0 Å². The third-order valence-corrected chi connectivity index (χ3v) is 2.55. The van der Waals surface area contributed by atoms with Crippen molar-refractivity contribution in [1.29, 1.82) is 0 Å². The van der Waals surface area contributed by atoms with Crippen molar-refractivity contribution in [3.63, 3.8) is 0 Å². The number of hydrogen-bond donors (Lipinski definition) is 3. The van der Waals surface area contributed by atoms with Gasteiger partial charge in [0.15, 0.2) is 0 Å². The molecule has 4 N–H and O–H groups in total. The number of methoxy groups -OCH3 is 1. The maximum atomic E-state index is 11.4. The van der Waals surface area contributed by atoms with Crippen molar-refractivity contribution >= 4 is 17.5 Å². The third kappa shape index (κ3) is 3.89. The predicted octanol–water partition coefficient (Wildman–Crippen LogP) is 0.469. The summed E-state index contributed by atoms with van der Waals surface area (Å²) in [5, 5.41) is 0.506. The number of hydrogen-bond acceptors (Lipinski definition) is 4. The van der Waals surface area contributed by atoms with E-state index < -0.39 is 6.04 Å². The summed E-state index contributed by atoms with van der Waals surface area (Å²) >= 11 is 5.97. The number of halogens is 1. The first-order valence-electron chi connectivity index (χ1n) is 5.13. The highest BCUT2D eigenvalue weighted by atomic mass is 35.5. The number of nitrogens with one attached hydrogen (secondary N) is 2. The van der Waals surface area contributed by atoms with E-state index in [1.807, 2.05) is 6.07 Å². The Kier molecular flexibility index (Phi) is 5.21. The molecule has 0 bridgehead atoms. The van der Waals surface area contributed by atoms with Crippen molar-refractivity contribution in [2.45, 2.75) is 12.5 Å². The Hall–Kier alpha value is -1.30. The van der Waals surface area contributed by atoms with Gasteiger partial charge in [-0.05, 0) is 24.1 Å². The zero-order chi connectivity index (χ0) is 12.8. The van der Waals surface area contributed by atoms with Gasteiger partial charge in [-0.2, -0.15) is 0 Å². The normalized spacial score (nSPS) is 12.0. The van der Waals surface area contributed by atoms with Crippen LogP contribution in [-0.2, 0) is 11.2 Å². The van der Waals surface area contributed by atoms with Gasteiger partial charge in [-0.3, -0.25) is 10.2 Å². The smallest absolute Gasteiger partial charge is 0.251 e. The fraction of sp³-hybridized carbons (Fsp3) is 0.364. The van der Waals surface area contributed by atoms with E-state index in [2.05, 4.69) is 10.9 Å². The Bertz CT molecular complexity index is 398. The van der Waals surface area contributed by atoms with Crippen molar-refractivity contribution in [2.24, 2.45) is 5.73 Å². The number of hydrazine groups is 1. The van der Waals surface area contributed by atoms with Crippen LogP contribution < -0.4 is 21.3 Å². The van der Waals surface area contributed by atoms with E-state index in [0.717, 1.165) is 5.56 Å². The number of carbonyl (C=O) groups excluding carboxylic acids is 1. The number of amides is 1. The van der Waals surface area contributed by atoms with Gasteiger partial charge in [0.2, 0.25) is 0 Å². The molecule has 0 spiro atoms. The second kappa shape index (κ2) is 6.44. The zero-order valence-corrected chi connectivity index (χ0v) is 10.5. The van der Waals surface area contributed by atoms with Gasteiger partial charge in [0, 0.05) is 7.05 Å². The Balaban J connectivity index is 2.68. The Labute approximate surface area is 105 Å². The minimum atomic E-state index is -0.619. The number of carbonyl (C=O) groups is 1. The van der Waals surface area contributed by atoms with Gasteiger partial charge < -0.3 is 10.5 Å². The molecule has 1 atom stereocenters. The lowest BCUT2D eigenvalue weighted by molar-refractivity contribution is -0.123. The van der Waals surface area contributed by atoms with Gasteiger partial charge in [-0.15, -0.1) is 0 Å². The third-order valence-electron chi connectivity index (χ3n) is 2.26. The van der Waals surface area contributed by atoms with Gasteiger partial charge in [0.05, 0.1) is 18.2 Å². The molecule has 1 amide bonds. The molecule has 1 unspecified atom stereocenters. The second-order valence-electron chi connectivity index (χ2n) is 3.52. The van der Waals surface area contributed by atoms with E-state index >= 15 is 0 Å². The molecule has 0 radical (unpaired) electrons. The molecule has 1 aromatic rings. The van der Waals surface area contributed by atoms with Gasteiger partial charge in [0.1, 0.15) is 5.75 Å². The molecule has 0 heterocycles. The first kappa shape index (κ1) is 13.8. The van der Waals surface area contributed by atoms with Crippen molar-refractivity contribution in [2.75, 3.05) is 14.2 Å². The second-order valence-corrected chi connectivity index (χ2v) is 3.93. The van der Waals surface area contributed by atoms with Crippen LogP contribution in [0.25, 0.3) is 0 Å². The van der Waals surface area contributed by atoms with Crippen LogP contribution in [0.2, 0.25) is 5.02 Å². The van der Waals surface area contributed by atoms with Crippen molar-refractivity contribution in [1.82, 2.24) is 10.9 Å². The highest BCUT2D eigenvalue weighted by molar-refractivity contribution is 6.32. The van der Waals surface area contributed by atoms with Gasteiger partial charge in [0.25, 0.3) is 5.91 Å². The Morgan fingerprint density at radius 1 is 1.59 bits per heavy atom. The van der Waals surface area contributed by atoms with Crippen LogP contribution in [0.3, 0.4) is 0 Å². The van der Waals surface area contributed by atoms with Crippen LogP contribution in [0.1, 0.15) is 5.56 Å². The minimum Gasteiger partial charge on any atom is -0.495 e. The Morgan fingerprint density at radius 3 is 2.82 bits per heavy atom. The zero-order valence-electron chi connectivity index (χ0n) is 9.79. The number of rotatable bonds is 5. The summed E-state index contributed by atoms with van der Waals surface area (Å²) in [4.78, 5) is 11.4. The Morgan fingerprint density at radius 2 is 2.29 bits per heavy atom. The average molecular weight is 258 g/mol. The summed E-state index contributed by atoms with van der Waals surface area (Å²) in [6, 6.07) is 4.71. The van der Waals surface area contributed by atoms with E-state index in [0.29, 0.717) is 17.2 Å². The molecule has 0 aliphatic carbocycles. The molecule has 94 valence electrons. The summed E-state index contributed by atoms with van der Waals surface area (Å²) in [7, 11) is 3.15. The molecule has 5 nitrogen and oxygen atoms in total. The topological polar surface area (TPSA) is 76.4 Å². The molecule has 6 heteroatoms. The van der Waals surface area contributed by atoms with Crippen molar-refractivity contribution in [3.8, 4) is 5.75 Å². The molecule has 0 aliphatic heterocycles. The van der Waals surface area contributed by atoms with Gasteiger partial charge in [-0.25, -0.2) is 5.43 Å². The van der Waals surface area contributed by atoms with E-state index in [1.54, 1.807) is 26.3 Å².